The van der Waals surface area contributed by atoms with E-state index in [1.54, 1.807) is 12.1 Å². The largest absolute Gasteiger partial charge is 0.478 e. The normalized spacial score (nSPS) is 40.9. The molecule has 6 aliphatic rings. The third-order valence-corrected chi connectivity index (χ3v) is 17.0. The fraction of sp³-hybridized carbons (Fsp3) is 0.733. The molecule has 4 saturated carbocycles. The van der Waals surface area contributed by atoms with Crippen LogP contribution in [-0.2, 0) is 4.79 Å². The van der Waals surface area contributed by atoms with E-state index in [1.165, 1.54) is 87.3 Å². The second-order valence-electron chi connectivity index (χ2n) is 19.3. The molecule has 0 aromatic heterocycles. The molecule has 0 bridgehead atoms. The van der Waals surface area contributed by atoms with Gasteiger partial charge in [0.05, 0.1) is 5.56 Å². The number of nitrogens with zero attached hydrogens (tertiary/aromatic N) is 1. The number of hydrogen-bond donors (Lipinski definition) is 1. The van der Waals surface area contributed by atoms with Gasteiger partial charge in [0.2, 0.25) is 5.91 Å². The zero-order valence-corrected chi connectivity index (χ0v) is 31.7. The Bertz CT molecular complexity index is 1510. The summed E-state index contributed by atoms with van der Waals surface area (Å²) in [6.07, 6.45) is 21.4. The zero-order chi connectivity index (χ0) is 35.0. The molecule has 0 unspecified atom stereocenters. The SMILES string of the molecule is C=C(C)[C@@H]1CC[C@]2(CCCCCN3CCCC3=O)CC[C@]3(C)[C@H](CC[C@@H]4[C@@]5(C)CC=C(c6ccc(C(=O)O)cc6)C(C)(C)[C@@H]5CC[C@]43C)[C@@H]12. The highest BCUT2D eigenvalue weighted by Gasteiger charge is 2.70. The highest BCUT2D eigenvalue weighted by atomic mass is 16.4. The molecule has 1 aromatic carbocycles. The second kappa shape index (κ2) is 12.4. The number of carboxylic acids is 1. The molecule has 0 spiro atoms. The van der Waals surface area contributed by atoms with Crippen molar-refractivity contribution in [3.8, 4) is 0 Å². The van der Waals surface area contributed by atoms with Crippen molar-refractivity contribution >= 4 is 17.4 Å². The third kappa shape index (κ3) is 5.34. The molecule has 1 heterocycles. The van der Waals surface area contributed by atoms with Gasteiger partial charge in [-0.15, -0.1) is 0 Å². The molecule has 49 heavy (non-hydrogen) atoms. The topological polar surface area (TPSA) is 57.6 Å². The van der Waals surface area contributed by atoms with E-state index >= 15 is 0 Å². The van der Waals surface area contributed by atoms with E-state index in [1.807, 2.05) is 12.1 Å². The lowest BCUT2D eigenvalue weighted by Gasteiger charge is -2.72. The van der Waals surface area contributed by atoms with Crippen LogP contribution in [0.2, 0.25) is 0 Å². The average molecular weight is 668 g/mol. The number of amides is 1. The maximum absolute atomic E-state index is 12.2. The lowest BCUT2D eigenvalue weighted by atomic mass is 9.32. The molecule has 1 N–H and O–H groups in total. The van der Waals surface area contributed by atoms with Crippen LogP contribution in [0.3, 0.4) is 0 Å². The van der Waals surface area contributed by atoms with Crippen LogP contribution in [0.1, 0.15) is 154 Å². The number of unbranched alkanes of at least 4 members (excludes halogenated alkanes) is 2. The first-order valence-corrected chi connectivity index (χ1v) is 20.2. The Morgan fingerprint density at radius 1 is 0.898 bits per heavy atom. The van der Waals surface area contributed by atoms with E-state index < -0.39 is 5.97 Å². The van der Waals surface area contributed by atoms with E-state index in [-0.39, 0.29) is 10.8 Å². The Kier molecular flexibility index (Phi) is 8.87. The maximum Gasteiger partial charge on any atom is 0.335 e. The number of carbonyl (C=O) groups is 2. The zero-order valence-electron chi connectivity index (χ0n) is 31.7. The van der Waals surface area contributed by atoms with Crippen molar-refractivity contribution in [1.82, 2.24) is 4.90 Å². The molecule has 1 amide bonds. The fourth-order valence-corrected chi connectivity index (χ4v) is 14.5. The number of carbonyl (C=O) groups excluding carboxylic acids is 1. The maximum atomic E-state index is 12.2. The van der Waals surface area contributed by atoms with E-state index in [0.717, 1.165) is 56.5 Å². The number of aromatic carboxylic acids is 1. The molecule has 5 aliphatic carbocycles. The van der Waals surface area contributed by atoms with E-state index in [4.69, 9.17) is 0 Å². The highest BCUT2D eigenvalue weighted by molar-refractivity contribution is 5.88. The van der Waals surface area contributed by atoms with Crippen molar-refractivity contribution in [2.75, 3.05) is 13.1 Å². The number of allylic oxidation sites excluding steroid dienone is 3. The predicted molar refractivity (Wildman–Crippen MR) is 200 cm³/mol. The molecule has 9 atom stereocenters. The van der Waals surface area contributed by atoms with Crippen molar-refractivity contribution < 1.29 is 14.7 Å². The number of hydrogen-bond acceptors (Lipinski definition) is 2. The Morgan fingerprint density at radius 2 is 1.65 bits per heavy atom. The fourth-order valence-electron chi connectivity index (χ4n) is 14.5. The van der Waals surface area contributed by atoms with Gasteiger partial charge in [0.25, 0.3) is 0 Å². The van der Waals surface area contributed by atoms with Crippen LogP contribution in [0.5, 0.6) is 0 Å². The molecule has 7 rings (SSSR count). The van der Waals surface area contributed by atoms with Crippen molar-refractivity contribution in [1.29, 1.82) is 0 Å². The van der Waals surface area contributed by atoms with E-state index in [0.29, 0.717) is 39.6 Å². The summed E-state index contributed by atoms with van der Waals surface area (Å²) in [5.41, 5.74) is 5.89. The molecular formula is C45H65NO3. The third-order valence-electron chi connectivity index (χ3n) is 17.0. The first-order valence-electron chi connectivity index (χ1n) is 20.2. The summed E-state index contributed by atoms with van der Waals surface area (Å²) in [5, 5.41) is 9.49. The molecular weight excluding hydrogens is 602 g/mol. The Morgan fingerprint density at radius 3 is 2.33 bits per heavy atom. The van der Waals surface area contributed by atoms with Crippen molar-refractivity contribution in [2.24, 2.45) is 56.7 Å². The number of rotatable bonds is 9. The van der Waals surface area contributed by atoms with Crippen LogP contribution < -0.4 is 0 Å². The van der Waals surface area contributed by atoms with Gasteiger partial charge in [-0.2, -0.15) is 0 Å². The van der Waals surface area contributed by atoms with Gasteiger partial charge < -0.3 is 10.0 Å². The molecule has 1 saturated heterocycles. The van der Waals surface area contributed by atoms with Gasteiger partial charge in [0.15, 0.2) is 0 Å². The smallest absolute Gasteiger partial charge is 0.335 e. The van der Waals surface area contributed by atoms with Crippen molar-refractivity contribution in [3.63, 3.8) is 0 Å². The molecule has 1 aromatic rings. The average Bonchev–Trinajstić information content (AvgIpc) is 3.64. The first-order chi connectivity index (χ1) is 23.2. The van der Waals surface area contributed by atoms with Crippen LogP contribution in [0.25, 0.3) is 5.57 Å². The molecule has 5 fully saturated rings. The standard InChI is InChI=1S/C45H65NO3/c1-30(2)33-19-25-45(22-9-8-10-28-46-29-11-12-38(46)47)27-26-43(6)35(39(33)45)17-18-37-42(5)23-20-34(31-13-15-32(16-14-31)40(48)49)41(3,4)36(42)21-24-44(37,43)7/h13-16,20,33,35-37,39H,1,8-12,17-19,21-29H2,2-7H3,(H,48,49)/t33-,35+,36-,37+,39+,42-,43+,44+,45+/m0/s1. The van der Waals surface area contributed by atoms with Crippen molar-refractivity contribution in [2.45, 2.75) is 138 Å². The number of likely N-dealkylation sites (tertiary alicyclic amines) is 1. The van der Waals surface area contributed by atoms with Gasteiger partial charge in [0.1, 0.15) is 0 Å². The van der Waals surface area contributed by atoms with Gasteiger partial charge in [0, 0.05) is 19.5 Å². The molecule has 4 nitrogen and oxygen atoms in total. The number of benzene rings is 1. The minimum atomic E-state index is -0.856. The first kappa shape index (κ1) is 35.1. The number of fused-ring (bicyclic) bond motifs is 7. The molecule has 1 aliphatic heterocycles. The monoisotopic (exact) mass is 667 g/mol. The highest BCUT2D eigenvalue weighted by Crippen LogP contribution is 2.78. The molecule has 0 radical (unpaired) electrons. The molecule has 268 valence electrons. The van der Waals surface area contributed by atoms with E-state index in [2.05, 4.69) is 59.1 Å². The number of carboxylic acid groups (broad SMARTS) is 1. The predicted octanol–water partition coefficient (Wildman–Crippen LogP) is 11.2. The van der Waals surface area contributed by atoms with Crippen LogP contribution in [0.4, 0.5) is 0 Å². The van der Waals surface area contributed by atoms with Crippen molar-refractivity contribution in [3.05, 3.63) is 53.6 Å². The van der Waals surface area contributed by atoms with Crippen LogP contribution in [-0.4, -0.2) is 35.0 Å². The Labute approximate surface area is 297 Å². The minimum absolute atomic E-state index is 0.0388. The van der Waals surface area contributed by atoms with Gasteiger partial charge in [-0.1, -0.05) is 77.8 Å². The van der Waals surface area contributed by atoms with Crippen LogP contribution in [0.15, 0.2) is 42.5 Å². The second-order valence-corrected chi connectivity index (χ2v) is 19.3. The minimum Gasteiger partial charge on any atom is -0.478 e. The summed E-state index contributed by atoms with van der Waals surface area (Å²) in [7, 11) is 0. The van der Waals surface area contributed by atoms with Crippen LogP contribution in [0, 0.1) is 56.7 Å². The summed E-state index contributed by atoms with van der Waals surface area (Å²) >= 11 is 0. The quantitative estimate of drug-likeness (QED) is 0.211. The van der Waals surface area contributed by atoms with Gasteiger partial charge >= 0.3 is 5.97 Å². The summed E-state index contributed by atoms with van der Waals surface area (Å²) < 4.78 is 0. The Balaban J connectivity index is 1.12. The summed E-state index contributed by atoms with van der Waals surface area (Å²) in [4.78, 5) is 25.8. The summed E-state index contributed by atoms with van der Waals surface area (Å²) in [6.45, 7) is 22.1. The summed E-state index contributed by atoms with van der Waals surface area (Å²) in [5.74, 6) is 3.08. The molecule has 4 heteroatoms. The lowest BCUT2D eigenvalue weighted by Crippen LogP contribution is -2.65. The van der Waals surface area contributed by atoms with Gasteiger partial charge in [-0.3, -0.25) is 4.79 Å². The van der Waals surface area contributed by atoms with Gasteiger partial charge in [-0.25, -0.2) is 4.79 Å². The lowest BCUT2D eigenvalue weighted by molar-refractivity contribution is -0.226. The summed E-state index contributed by atoms with van der Waals surface area (Å²) in [6, 6.07) is 7.65. The van der Waals surface area contributed by atoms with Gasteiger partial charge in [-0.05, 0) is 164 Å². The Hall–Kier alpha value is -2.36. The van der Waals surface area contributed by atoms with Crippen LogP contribution >= 0.6 is 0 Å². The van der Waals surface area contributed by atoms with E-state index in [9.17, 15) is 14.7 Å².